The van der Waals surface area contributed by atoms with Crippen LogP contribution in [0.5, 0.6) is 0 Å². The molecule has 0 unspecified atom stereocenters. The van der Waals surface area contributed by atoms with Crippen molar-refractivity contribution in [1.29, 1.82) is 0 Å². The van der Waals surface area contributed by atoms with E-state index in [9.17, 15) is 35.1 Å². The summed E-state index contributed by atoms with van der Waals surface area (Å²) >= 11 is 8.51. The first-order valence-corrected chi connectivity index (χ1v) is 7.32. The molecule has 0 radical (unpaired) electrons. The third-order valence-corrected chi connectivity index (χ3v) is 3.26. The van der Waals surface area contributed by atoms with E-state index in [-0.39, 0.29) is 0 Å². The lowest BCUT2D eigenvalue weighted by Crippen LogP contribution is -2.26. The quantitative estimate of drug-likeness (QED) is 0.373. The molecule has 0 saturated carbocycles. The number of nitro groups is 3. The van der Waals surface area contributed by atoms with Gasteiger partial charge in [0.2, 0.25) is 2.14 Å². The molecule has 0 bridgehead atoms. The third kappa shape index (κ3) is 4.17. The van der Waals surface area contributed by atoms with Crippen LogP contribution in [0.2, 0.25) is 0 Å². The molecule has 118 valence electrons. The molecule has 0 heterocycles. The minimum absolute atomic E-state index is 0.515. The SMILES string of the molecule is O=C(Nc1c([N+](=O)[O-])cc([N+](=O)[O-])cc1[N+](=O)[O-])C(Br)(Br)Br. The van der Waals surface area contributed by atoms with Crippen LogP contribution < -0.4 is 5.32 Å². The minimum atomic E-state index is -1.53. The zero-order valence-electron chi connectivity index (χ0n) is 9.99. The Kier molecular flexibility index (Phi) is 5.53. The molecule has 0 aromatic heterocycles. The van der Waals surface area contributed by atoms with E-state index in [2.05, 4.69) is 47.8 Å². The van der Waals surface area contributed by atoms with Gasteiger partial charge in [0.05, 0.1) is 26.9 Å². The van der Waals surface area contributed by atoms with E-state index in [0.29, 0.717) is 12.1 Å². The van der Waals surface area contributed by atoms with Crippen LogP contribution in [0.25, 0.3) is 0 Å². The van der Waals surface area contributed by atoms with Gasteiger partial charge in [0.1, 0.15) is 0 Å². The topological polar surface area (TPSA) is 159 Å². The van der Waals surface area contributed by atoms with E-state index in [1.807, 2.05) is 5.32 Å². The summed E-state index contributed by atoms with van der Waals surface area (Å²) in [6.45, 7) is 0. The Hall–Kier alpha value is -1.67. The molecule has 0 fully saturated rings. The van der Waals surface area contributed by atoms with Crippen LogP contribution in [-0.2, 0) is 4.79 Å². The van der Waals surface area contributed by atoms with Crippen molar-refractivity contribution in [2.24, 2.45) is 0 Å². The number of rotatable bonds is 4. The maximum Gasteiger partial charge on any atom is 0.306 e. The molecular weight excluding hydrogens is 504 g/mol. The number of alkyl halides is 3. The molecule has 0 aliphatic rings. The fourth-order valence-corrected chi connectivity index (χ4v) is 1.60. The molecule has 1 amide bonds. The Bertz CT molecular complexity index is 652. The monoisotopic (exact) mass is 504 g/mol. The van der Waals surface area contributed by atoms with Gasteiger partial charge in [-0.05, 0) is 47.8 Å². The molecular formula is C8H3Br3N4O7. The van der Waals surface area contributed by atoms with Gasteiger partial charge in [-0.25, -0.2) is 0 Å². The summed E-state index contributed by atoms with van der Waals surface area (Å²) in [5.74, 6) is -0.951. The fraction of sp³-hybridized carbons (Fsp3) is 0.125. The van der Waals surface area contributed by atoms with Gasteiger partial charge in [-0.3, -0.25) is 35.1 Å². The first-order valence-electron chi connectivity index (χ1n) is 4.94. The van der Waals surface area contributed by atoms with Crippen LogP contribution in [0, 0.1) is 30.3 Å². The maximum absolute atomic E-state index is 11.8. The number of carbonyl (C=O) groups is 1. The zero-order chi connectivity index (χ0) is 17.2. The highest BCUT2D eigenvalue weighted by Crippen LogP contribution is 2.41. The Morgan fingerprint density at radius 3 is 1.64 bits per heavy atom. The van der Waals surface area contributed by atoms with Crippen LogP contribution in [0.3, 0.4) is 0 Å². The Morgan fingerprint density at radius 1 is 0.955 bits per heavy atom. The maximum atomic E-state index is 11.8. The van der Waals surface area contributed by atoms with E-state index in [1.54, 1.807) is 0 Å². The number of amides is 1. The fourth-order valence-electron chi connectivity index (χ4n) is 1.30. The molecule has 0 spiro atoms. The number of carbonyl (C=O) groups excluding carboxylic acids is 1. The van der Waals surface area contributed by atoms with Crippen molar-refractivity contribution < 1.29 is 19.6 Å². The summed E-state index contributed by atoms with van der Waals surface area (Å²) in [6, 6.07) is 1.03. The lowest BCUT2D eigenvalue weighted by atomic mass is 10.2. The van der Waals surface area contributed by atoms with Crippen LogP contribution >= 0.6 is 47.8 Å². The first-order chi connectivity index (χ1) is 9.95. The molecule has 14 heteroatoms. The Labute approximate surface area is 145 Å². The Balaban J connectivity index is 3.59. The van der Waals surface area contributed by atoms with Gasteiger partial charge in [-0.2, -0.15) is 0 Å². The highest BCUT2D eigenvalue weighted by Gasteiger charge is 2.36. The summed E-state index contributed by atoms with van der Waals surface area (Å²) in [5, 5.41) is 34.6. The van der Waals surface area contributed by atoms with Gasteiger partial charge >= 0.3 is 11.4 Å². The number of halogens is 3. The lowest BCUT2D eigenvalue weighted by Gasteiger charge is -2.12. The van der Waals surface area contributed by atoms with Crippen molar-refractivity contribution in [3.05, 3.63) is 42.5 Å². The number of benzene rings is 1. The van der Waals surface area contributed by atoms with Gasteiger partial charge in [-0.15, -0.1) is 0 Å². The van der Waals surface area contributed by atoms with Gasteiger partial charge < -0.3 is 5.32 Å². The summed E-state index contributed by atoms with van der Waals surface area (Å²) < 4.78 is -1.53. The highest BCUT2D eigenvalue weighted by molar-refractivity contribution is 9.40. The van der Waals surface area contributed by atoms with Crippen LogP contribution in [0.4, 0.5) is 22.7 Å². The van der Waals surface area contributed by atoms with Crippen molar-refractivity contribution in [1.82, 2.24) is 0 Å². The molecule has 1 N–H and O–H groups in total. The number of nitrogens with zero attached hydrogens (tertiary/aromatic N) is 3. The van der Waals surface area contributed by atoms with E-state index < -0.39 is 45.6 Å². The van der Waals surface area contributed by atoms with Crippen molar-refractivity contribution >= 4 is 76.4 Å². The molecule has 1 aromatic rings. The summed E-state index contributed by atoms with van der Waals surface area (Å²) in [4.78, 5) is 41.2. The smallest absolute Gasteiger partial charge is 0.306 e. The average Bonchev–Trinajstić information content (AvgIpc) is 2.36. The van der Waals surface area contributed by atoms with Gasteiger partial charge in [-0.1, -0.05) is 0 Å². The number of nitrogens with one attached hydrogen (secondary N) is 1. The van der Waals surface area contributed by atoms with Crippen molar-refractivity contribution in [3.8, 4) is 0 Å². The lowest BCUT2D eigenvalue weighted by molar-refractivity contribution is -0.401. The highest BCUT2D eigenvalue weighted by atomic mass is 80.0. The average molecular weight is 507 g/mol. The van der Waals surface area contributed by atoms with Crippen LogP contribution in [-0.4, -0.2) is 22.8 Å². The van der Waals surface area contributed by atoms with E-state index in [1.165, 1.54) is 0 Å². The summed E-state index contributed by atoms with van der Waals surface area (Å²) in [7, 11) is 0. The normalized spacial score (nSPS) is 10.9. The number of anilines is 1. The van der Waals surface area contributed by atoms with Crippen molar-refractivity contribution in [3.63, 3.8) is 0 Å². The van der Waals surface area contributed by atoms with Gasteiger partial charge in [0, 0.05) is 0 Å². The standard InChI is InChI=1S/C8H3Br3N4O7/c9-8(10,11)7(16)12-6-4(14(19)20)1-3(13(17)18)2-5(6)15(21)22/h1-2H,(H,12,16). The molecule has 11 nitrogen and oxygen atoms in total. The Morgan fingerprint density at radius 2 is 1.36 bits per heavy atom. The van der Waals surface area contributed by atoms with Crippen molar-refractivity contribution in [2.75, 3.05) is 5.32 Å². The first kappa shape index (κ1) is 18.4. The molecule has 1 aromatic carbocycles. The van der Waals surface area contributed by atoms with Gasteiger partial charge in [0.15, 0.2) is 5.69 Å². The number of hydrogen-bond acceptors (Lipinski definition) is 7. The van der Waals surface area contributed by atoms with Crippen LogP contribution in [0.15, 0.2) is 12.1 Å². The van der Waals surface area contributed by atoms with E-state index in [4.69, 9.17) is 0 Å². The predicted octanol–water partition coefficient (Wildman–Crippen LogP) is 3.19. The zero-order valence-corrected chi connectivity index (χ0v) is 14.7. The predicted molar refractivity (Wildman–Crippen MR) is 84.5 cm³/mol. The van der Waals surface area contributed by atoms with Crippen LogP contribution in [0.1, 0.15) is 0 Å². The van der Waals surface area contributed by atoms with E-state index >= 15 is 0 Å². The van der Waals surface area contributed by atoms with E-state index in [0.717, 1.165) is 0 Å². The second-order valence-corrected chi connectivity index (χ2v) is 10.3. The molecule has 1 rings (SSSR count). The number of hydrogen-bond donors (Lipinski definition) is 1. The minimum Gasteiger partial charge on any atom is -0.312 e. The molecule has 0 atom stereocenters. The summed E-state index contributed by atoms with van der Waals surface area (Å²) in [6.07, 6.45) is 0. The second-order valence-electron chi connectivity index (χ2n) is 3.58. The number of non-ortho nitro benzene ring substituents is 1. The molecule has 0 aliphatic heterocycles. The third-order valence-electron chi connectivity index (χ3n) is 2.18. The largest absolute Gasteiger partial charge is 0.312 e. The van der Waals surface area contributed by atoms with Gasteiger partial charge in [0.25, 0.3) is 11.6 Å². The number of nitro benzene ring substituents is 3. The molecule has 22 heavy (non-hydrogen) atoms. The second kappa shape index (κ2) is 6.62. The van der Waals surface area contributed by atoms with Crippen molar-refractivity contribution in [2.45, 2.75) is 2.14 Å². The summed E-state index contributed by atoms with van der Waals surface area (Å²) in [5.41, 5.74) is -3.58. The molecule has 0 aliphatic carbocycles. The molecule has 0 saturated heterocycles.